The Kier molecular flexibility index (Phi) is 5.46. The second kappa shape index (κ2) is 6.49. The van der Waals surface area contributed by atoms with Crippen LogP contribution in [0.3, 0.4) is 0 Å². The minimum absolute atomic E-state index is 0. The number of nitro groups is 1. The molecule has 0 spiro atoms. The van der Waals surface area contributed by atoms with Gasteiger partial charge in [0.15, 0.2) is 0 Å². The highest BCUT2D eigenvalue weighted by Gasteiger charge is 2.31. The molecule has 1 fully saturated rings. The standard InChI is InChI=1S/C11H15N3O4S.ClH/c1-9-8-12-5-6-13(9)19(17,18)11-4-2-3-10(7-11)14(15)16;/h2-4,7,9,12H,5-6,8H2,1H3;1H. The summed E-state index contributed by atoms with van der Waals surface area (Å²) in [6, 6.07) is 4.98. The Hall–Kier alpha value is -1.22. The van der Waals surface area contributed by atoms with Crippen LogP contribution in [0.4, 0.5) is 5.69 Å². The summed E-state index contributed by atoms with van der Waals surface area (Å²) in [5.41, 5.74) is -0.219. The van der Waals surface area contributed by atoms with E-state index in [0.717, 1.165) is 6.07 Å². The van der Waals surface area contributed by atoms with Crippen LogP contribution < -0.4 is 5.32 Å². The Bertz CT molecular complexity index is 593. The fourth-order valence-electron chi connectivity index (χ4n) is 2.07. The number of sulfonamides is 1. The molecule has 20 heavy (non-hydrogen) atoms. The zero-order chi connectivity index (χ0) is 14.0. The molecule has 0 amide bonds. The van der Waals surface area contributed by atoms with E-state index in [4.69, 9.17) is 0 Å². The van der Waals surface area contributed by atoms with Crippen LogP contribution in [-0.4, -0.2) is 43.3 Å². The highest BCUT2D eigenvalue weighted by atomic mass is 35.5. The molecule has 1 aliphatic heterocycles. The smallest absolute Gasteiger partial charge is 0.270 e. The van der Waals surface area contributed by atoms with Crippen molar-refractivity contribution in [3.05, 3.63) is 34.4 Å². The highest BCUT2D eigenvalue weighted by Crippen LogP contribution is 2.22. The molecule has 0 aliphatic carbocycles. The van der Waals surface area contributed by atoms with E-state index < -0.39 is 14.9 Å². The Morgan fingerprint density at radius 1 is 1.45 bits per heavy atom. The van der Waals surface area contributed by atoms with E-state index in [9.17, 15) is 18.5 Å². The van der Waals surface area contributed by atoms with Gasteiger partial charge in [0.05, 0.1) is 9.82 Å². The molecule has 0 aromatic heterocycles. The molecule has 1 aromatic carbocycles. The number of halogens is 1. The lowest BCUT2D eigenvalue weighted by Gasteiger charge is -2.32. The van der Waals surface area contributed by atoms with Crippen molar-refractivity contribution in [2.75, 3.05) is 19.6 Å². The fourth-order valence-corrected chi connectivity index (χ4v) is 3.74. The Balaban J connectivity index is 0.00000200. The van der Waals surface area contributed by atoms with Gasteiger partial charge in [-0.15, -0.1) is 12.4 Å². The average Bonchev–Trinajstić information content (AvgIpc) is 2.39. The molecule has 1 saturated heterocycles. The molecule has 0 saturated carbocycles. The summed E-state index contributed by atoms with van der Waals surface area (Å²) in [5.74, 6) is 0. The van der Waals surface area contributed by atoms with Gasteiger partial charge in [-0.1, -0.05) is 6.07 Å². The largest absolute Gasteiger partial charge is 0.314 e. The van der Waals surface area contributed by atoms with Crippen LogP contribution in [-0.2, 0) is 10.0 Å². The maximum absolute atomic E-state index is 12.4. The Morgan fingerprint density at radius 2 is 2.15 bits per heavy atom. The number of benzene rings is 1. The molecule has 9 heteroatoms. The Labute approximate surface area is 123 Å². The predicted molar refractivity (Wildman–Crippen MR) is 76.6 cm³/mol. The van der Waals surface area contributed by atoms with Gasteiger partial charge >= 0.3 is 0 Å². The van der Waals surface area contributed by atoms with Crippen LogP contribution in [0, 0.1) is 10.1 Å². The first-order valence-corrected chi connectivity index (χ1v) is 7.34. The van der Waals surface area contributed by atoms with Gasteiger partial charge in [0, 0.05) is 37.8 Å². The second-order valence-corrected chi connectivity index (χ2v) is 6.31. The van der Waals surface area contributed by atoms with Crippen molar-refractivity contribution < 1.29 is 13.3 Å². The van der Waals surface area contributed by atoms with Crippen LogP contribution in [0.1, 0.15) is 6.92 Å². The van der Waals surface area contributed by atoms with Gasteiger partial charge in [-0.2, -0.15) is 4.31 Å². The molecule has 1 atom stereocenters. The van der Waals surface area contributed by atoms with Crippen molar-refractivity contribution >= 4 is 28.1 Å². The lowest BCUT2D eigenvalue weighted by atomic mass is 10.3. The van der Waals surface area contributed by atoms with Crippen LogP contribution in [0.25, 0.3) is 0 Å². The molecule has 1 aromatic rings. The number of non-ortho nitro benzene ring substituents is 1. The van der Waals surface area contributed by atoms with Crippen LogP contribution in [0.5, 0.6) is 0 Å². The monoisotopic (exact) mass is 321 g/mol. The number of piperazine rings is 1. The highest BCUT2D eigenvalue weighted by molar-refractivity contribution is 7.89. The van der Waals surface area contributed by atoms with Gasteiger partial charge < -0.3 is 5.32 Å². The minimum Gasteiger partial charge on any atom is -0.314 e. The van der Waals surface area contributed by atoms with Crippen molar-refractivity contribution in [2.24, 2.45) is 0 Å². The second-order valence-electron chi connectivity index (χ2n) is 4.42. The molecule has 1 heterocycles. The van der Waals surface area contributed by atoms with Crippen molar-refractivity contribution in [1.82, 2.24) is 9.62 Å². The number of nitro benzene ring substituents is 1. The number of hydrogen-bond acceptors (Lipinski definition) is 5. The molecule has 0 bridgehead atoms. The van der Waals surface area contributed by atoms with E-state index >= 15 is 0 Å². The van der Waals surface area contributed by atoms with Crippen molar-refractivity contribution in [1.29, 1.82) is 0 Å². The van der Waals surface area contributed by atoms with E-state index in [1.54, 1.807) is 6.92 Å². The van der Waals surface area contributed by atoms with E-state index in [0.29, 0.717) is 19.6 Å². The average molecular weight is 322 g/mol. The maximum Gasteiger partial charge on any atom is 0.270 e. The van der Waals surface area contributed by atoms with E-state index in [2.05, 4.69) is 5.32 Å². The fraction of sp³-hybridized carbons (Fsp3) is 0.455. The number of rotatable bonds is 3. The zero-order valence-electron chi connectivity index (χ0n) is 10.9. The first kappa shape index (κ1) is 16.8. The molecule has 112 valence electrons. The van der Waals surface area contributed by atoms with Crippen LogP contribution >= 0.6 is 12.4 Å². The summed E-state index contributed by atoms with van der Waals surface area (Å²) >= 11 is 0. The van der Waals surface area contributed by atoms with E-state index in [1.165, 1.54) is 22.5 Å². The van der Waals surface area contributed by atoms with Gasteiger partial charge in [-0.25, -0.2) is 8.42 Å². The maximum atomic E-state index is 12.4. The van der Waals surface area contributed by atoms with E-state index in [1.807, 2.05) is 0 Å². The van der Waals surface area contributed by atoms with Gasteiger partial charge in [0.2, 0.25) is 10.0 Å². The summed E-state index contributed by atoms with van der Waals surface area (Å²) in [7, 11) is -3.68. The third kappa shape index (κ3) is 3.26. The third-order valence-corrected chi connectivity index (χ3v) is 5.08. The summed E-state index contributed by atoms with van der Waals surface area (Å²) in [6.07, 6.45) is 0. The van der Waals surface area contributed by atoms with E-state index in [-0.39, 0.29) is 29.0 Å². The quantitative estimate of drug-likeness (QED) is 0.662. The zero-order valence-corrected chi connectivity index (χ0v) is 12.5. The number of nitrogens with one attached hydrogen (secondary N) is 1. The molecule has 7 nitrogen and oxygen atoms in total. The van der Waals surface area contributed by atoms with Crippen molar-refractivity contribution in [3.63, 3.8) is 0 Å². The van der Waals surface area contributed by atoms with Gasteiger partial charge in [-0.05, 0) is 13.0 Å². The number of hydrogen-bond donors (Lipinski definition) is 1. The molecule has 2 rings (SSSR count). The third-order valence-electron chi connectivity index (χ3n) is 3.08. The normalized spacial score (nSPS) is 20.1. The first-order valence-electron chi connectivity index (χ1n) is 5.90. The number of nitrogens with zero attached hydrogens (tertiary/aromatic N) is 2. The van der Waals surface area contributed by atoms with Crippen LogP contribution in [0.2, 0.25) is 0 Å². The molecule has 1 aliphatic rings. The molecule has 0 radical (unpaired) electrons. The topological polar surface area (TPSA) is 92.6 Å². The molecule has 1 N–H and O–H groups in total. The van der Waals surface area contributed by atoms with Crippen molar-refractivity contribution in [2.45, 2.75) is 17.9 Å². The van der Waals surface area contributed by atoms with Gasteiger partial charge in [0.1, 0.15) is 0 Å². The minimum atomic E-state index is -3.68. The lowest BCUT2D eigenvalue weighted by molar-refractivity contribution is -0.385. The molecular formula is C11H16ClN3O4S. The molecule has 1 unspecified atom stereocenters. The van der Waals surface area contributed by atoms with Crippen LogP contribution in [0.15, 0.2) is 29.2 Å². The predicted octanol–water partition coefficient (Wildman–Crippen LogP) is 0.999. The SMILES string of the molecule is CC1CNCCN1S(=O)(=O)c1cccc([N+](=O)[O-])c1.Cl. The summed E-state index contributed by atoms with van der Waals surface area (Å²) in [5, 5.41) is 13.8. The Morgan fingerprint density at radius 3 is 2.75 bits per heavy atom. The van der Waals surface area contributed by atoms with Gasteiger partial charge in [-0.3, -0.25) is 10.1 Å². The van der Waals surface area contributed by atoms with Crippen molar-refractivity contribution in [3.8, 4) is 0 Å². The van der Waals surface area contributed by atoms with Gasteiger partial charge in [0.25, 0.3) is 5.69 Å². The lowest BCUT2D eigenvalue weighted by Crippen LogP contribution is -2.52. The first-order chi connectivity index (χ1) is 8.93. The summed E-state index contributed by atoms with van der Waals surface area (Å²) in [6.45, 7) is 3.33. The summed E-state index contributed by atoms with van der Waals surface area (Å²) in [4.78, 5) is 10.1. The molecular weight excluding hydrogens is 306 g/mol. The summed E-state index contributed by atoms with van der Waals surface area (Å²) < 4.78 is 26.3.